The molecule has 24 heavy (non-hydrogen) atoms. The van der Waals surface area contributed by atoms with Crippen molar-refractivity contribution >= 4 is 34.7 Å². The molecule has 0 aliphatic carbocycles. The first-order valence-electron chi connectivity index (χ1n) is 7.24. The van der Waals surface area contributed by atoms with Crippen LogP contribution in [0.2, 0.25) is 5.15 Å². The van der Waals surface area contributed by atoms with Gasteiger partial charge in [0.25, 0.3) is 0 Å². The van der Waals surface area contributed by atoms with Crippen molar-refractivity contribution in [2.75, 3.05) is 7.11 Å². The van der Waals surface area contributed by atoms with E-state index in [0.29, 0.717) is 22.0 Å². The van der Waals surface area contributed by atoms with E-state index in [4.69, 9.17) is 21.2 Å². The molecule has 2 aromatic carbocycles. The van der Waals surface area contributed by atoms with E-state index in [1.54, 1.807) is 24.3 Å². The van der Waals surface area contributed by atoms with Crippen LogP contribution in [0.25, 0.3) is 10.9 Å². The SMILES string of the molecule is COc1ccccc1C(=O)O/N=C/c1c(Cl)n(C)c2ccccc12. The Morgan fingerprint density at radius 3 is 2.67 bits per heavy atom. The Balaban J connectivity index is 1.85. The second-order valence-corrected chi connectivity index (χ2v) is 5.45. The van der Waals surface area contributed by atoms with Gasteiger partial charge in [-0.3, -0.25) is 0 Å². The number of benzene rings is 2. The van der Waals surface area contributed by atoms with E-state index in [-0.39, 0.29) is 0 Å². The summed E-state index contributed by atoms with van der Waals surface area (Å²) >= 11 is 6.33. The van der Waals surface area contributed by atoms with E-state index in [9.17, 15) is 4.79 Å². The molecule has 0 saturated carbocycles. The fraction of sp³-hybridized carbons (Fsp3) is 0.111. The van der Waals surface area contributed by atoms with Crippen LogP contribution in [0.3, 0.4) is 0 Å². The summed E-state index contributed by atoms with van der Waals surface area (Å²) in [5.74, 6) is -0.166. The average Bonchev–Trinajstić information content (AvgIpc) is 2.86. The maximum atomic E-state index is 12.1. The van der Waals surface area contributed by atoms with Crippen LogP contribution in [0.15, 0.2) is 53.7 Å². The molecule has 0 spiro atoms. The molecule has 0 amide bonds. The predicted octanol–water partition coefficient (Wildman–Crippen LogP) is 4.03. The standard InChI is InChI=1S/C18H15ClN2O3/c1-21-15-9-5-3-7-12(15)14(17(21)19)11-20-24-18(22)13-8-4-6-10-16(13)23-2/h3-11H,1-2H3/b20-11+. The van der Waals surface area contributed by atoms with E-state index in [0.717, 1.165) is 10.9 Å². The first-order chi connectivity index (χ1) is 11.6. The van der Waals surface area contributed by atoms with Crippen molar-refractivity contribution in [3.63, 3.8) is 0 Å². The molecule has 0 saturated heterocycles. The van der Waals surface area contributed by atoms with Gasteiger partial charge in [-0.05, 0) is 18.2 Å². The molecule has 0 unspecified atom stereocenters. The third kappa shape index (κ3) is 2.86. The van der Waals surface area contributed by atoms with Crippen molar-refractivity contribution in [1.29, 1.82) is 0 Å². The second kappa shape index (κ2) is 6.76. The Morgan fingerprint density at radius 2 is 1.88 bits per heavy atom. The lowest BCUT2D eigenvalue weighted by atomic mass is 10.2. The van der Waals surface area contributed by atoms with Crippen molar-refractivity contribution in [2.24, 2.45) is 12.2 Å². The molecule has 122 valence electrons. The Bertz CT molecular complexity index is 931. The molecule has 1 heterocycles. The number of halogens is 1. The summed E-state index contributed by atoms with van der Waals surface area (Å²) in [6.07, 6.45) is 1.44. The summed E-state index contributed by atoms with van der Waals surface area (Å²) in [5.41, 5.74) is 1.98. The minimum atomic E-state index is -0.597. The Hall–Kier alpha value is -2.79. The van der Waals surface area contributed by atoms with Gasteiger partial charge in [-0.25, -0.2) is 4.79 Å². The van der Waals surface area contributed by atoms with E-state index in [2.05, 4.69) is 5.16 Å². The quantitative estimate of drug-likeness (QED) is 0.408. The average molecular weight is 343 g/mol. The number of aryl methyl sites for hydroxylation is 1. The van der Waals surface area contributed by atoms with Crippen LogP contribution in [0.4, 0.5) is 0 Å². The number of hydrogen-bond donors (Lipinski definition) is 0. The highest BCUT2D eigenvalue weighted by Gasteiger charge is 2.14. The zero-order valence-electron chi connectivity index (χ0n) is 13.2. The van der Waals surface area contributed by atoms with Gasteiger partial charge in [-0.15, -0.1) is 0 Å². The van der Waals surface area contributed by atoms with Gasteiger partial charge in [-0.1, -0.05) is 47.1 Å². The van der Waals surface area contributed by atoms with Crippen LogP contribution in [0.5, 0.6) is 5.75 Å². The highest BCUT2D eigenvalue weighted by molar-refractivity contribution is 6.34. The normalized spacial score (nSPS) is 11.1. The number of nitrogens with zero attached hydrogens (tertiary/aromatic N) is 2. The lowest BCUT2D eigenvalue weighted by Gasteiger charge is -2.04. The number of methoxy groups -OCH3 is 1. The zero-order chi connectivity index (χ0) is 17.1. The topological polar surface area (TPSA) is 52.8 Å². The summed E-state index contributed by atoms with van der Waals surface area (Å²) in [6, 6.07) is 14.5. The van der Waals surface area contributed by atoms with Gasteiger partial charge >= 0.3 is 5.97 Å². The van der Waals surface area contributed by atoms with Crippen molar-refractivity contribution in [3.8, 4) is 5.75 Å². The summed E-state index contributed by atoms with van der Waals surface area (Å²) in [6.45, 7) is 0. The monoisotopic (exact) mass is 342 g/mol. The fourth-order valence-electron chi connectivity index (χ4n) is 2.50. The van der Waals surface area contributed by atoms with Gasteiger partial charge in [-0.2, -0.15) is 0 Å². The van der Waals surface area contributed by atoms with Crippen molar-refractivity contribution in [3.05, 3.63) is 64.8 Å². The van der Waals surface area contributed by atoms with Crippen LogP contribution in [-0.4, -0.2) is 23.9 Å². The molecule has 0 fully saturated rings. The molecule has 0 aliphatic rings. The molecule has 0 radical (unpaired) electrons. The molecule has 0 N–H and O–H groups in total. The number of carbonyl (C=O) groups is 1. The largest absolute Gasteiger partial charge is 0.496 e. The molecule has 3 aromatic rings. The molecule has 0 bridgehead atoms. The number of carbonyl (C=O) groups excluding carboxylic acids is 1. The molecular formula is C18H15ClN2O3. The molecular weight excluding hydrogens is 328 g/mol. The van der Waals surface area contributed by atoms with E-state index in [1.165, 1.54) is 13.3 Å². The summed E-state index contributed by atoms with van der Waals surface area (Å²) < 4.78 is 6.98. The number of ether oxygens (including phenoxy) is 1. The summed E-state index contributed by atoms with van der Waals surface area (Å²) in [7, 11) is 3.36. The molecule has 6 heteroatoms. The number of fused-ring (bicyclic) bond motifs is 1. The third-order valence-electron chi connectivity index (χ3n) is 3.72. The summed E-state index contributed by atoms with van der Waals surface area (Å²) in [5, 5.41) is 5.24. The molecule has 0 aliphatic heterocycles. The van der Waals surface area contributed by atoms with Crippen molar-refractivity contribution in [2.45, 2.75) is 0 Å². The van der Waals surface area contributed by atoms with Crippen LogP contribution < -0.4 is 4.74 Å². The minimum Gasteiger partial charge on any atom is -0.496 e. The minimum absolute atomic E-state index is 0.307. The Kier molecular flexibility index (Phi) is 4.53. The number of hydrogen-bond acceptors (Lipinski definition) is 4. The zero-order valence-corrected chi connectivity index (χ0v) is 13.9. The second-order valence-electron chi connectivity index (χ2n) is 5.09. The van der Waals surface area contributed by atoms with Crippen LogP contribution in [0, 0.1) is 0 Å². The fourth-order valence-corrected chi connectivity index (χ4v) is 2.75. The van der Waals surface area contributed by atoms with Gasteiger partial charge in [0.1, 0.15) is 16.5 Å². The van der Waals surface area contributed by atoms with Gasteiger partial charge in [0.05, 0.1) is 13.3 Å². The Labute approximate surface area is 144 Å². The van der Waals surface area contributed by atoms with Gasteiger partial charge < -0.3 is 14.1 Å². The summed E-state index contributed by atoms with van der Waals surface area (Å²) in [4.78, 5) is 17.1. The maximum Gasteiger partial charge on any atom is 0.369 e. The van der Waals surface area contributed by atoms with Gasteiger partial charge in [0, 0.05) is 23.5 Å². The van der Waals surface area contributed by atoms with Gasteiger partial charge in [0.15, 0.2) is 0 Å². The van der Waals surface area contributed by atoms with E-state index >= 15 is 0 Å². The molecule has 0 atom stereocenters. The molecule has 1 aromatic heterocycles. The number of para-hydroxylation sites is 2. The van der Waals surface area contributed by atoms with E-state index in [1.807, 2.05) is 35.9 Å². The smallest absolute Gasteiger partial charge is 0.369 e. The molecule has 5 nitrogen and oxygen atoms in total. The first kappa shape index (κ1) is 16.1. The number of rotatable bonds is 4. The highest BCUT2D eigenvalue weighted by atomic mass is 35.5. The first-order valence-corrected chi connectivity index (χ1v) is 7.62. The number of oxime groups is 1. The van der Waals surface area contributed by atoms with Crippen molar-refractivity contribution in [1.82, 2.24) is 4.57 Å². The van der Waals surface area contributed by atoms with Crippen molar-refractivity contribution < 1.29 is 14.4 Å². The third-order valence-corrected chi connectivity index (χ3v) is 4.17. The lowest BCUT2D eigenvalue weighted by molar-refractivity contribution is 0.0515. The van der Waals surface area contributed by atoms with Crippen LogP contribution in [-0.2, 0) is 11.9 Å². The predicted molar refractivity (Wildman–Crippen MR) is 93.9 cm³/mol. The Morgan fingerprint density at radius 1 is 1.17 bits per heavy atom. The van der Waals surface area contributed by atoms with Crippen LogP contribution >= 0.6 is 11.6 Å². The maximum absolute atomic E-state index is 12.1. The van der Waals surface area contributed by atoms with Gasteiger partial charge in [0.2, 0.25) is 0 Å². The van der Waals surface area contributed by atoms with Crippen LogP contribution in [0.1, 0.15) is 15.9 Å². The molecule has 3 rings (SSSR count). The number of aromatic nitrogens is 1. The lowest BCUT2D eigenvalue weighted by Crippen LogP contribution is -2.03. The van der Waals surface area contributed by atoms with E-state index < -0.39 is 5.97 Å². The highest BCUT2D eigenvalue weighted by Crippen LogP contribution is 2.27.